The Morgan fingerprint density at radius 2 is 2.64 bits per heavy atom. The Labute approximate surface area is 81.5 Å². The third kappa shape index (κ3) is 2.15. The number of aromatic nitrogens is 2. The minimum Gasteiger partial charge on any atom is -0.241 e. The molecule has 1 rings (SSSR count). The molecule has 60 valence electrons. The van der Waals surface area contributed by atoms with Crippen LogP contribution in [0.15, 0.2) is 6.20 Å². The van der Waals surface area contributed by atoms with E-state index in [4.69, 9.17) is 21.2 Å². The highest BCUT2D eigenvalue weighted by molar-refractivity contribution is 6.30. The predicted octanol–water partition coefficient (Wildman–Crippen LogP) is 2.39. The van der Waals surface area contributed by atoms with Crippen molar-refractivity contribution in [3.05, 3.63) is 22.7 Å². The Morgan fingerprint density at radius 1 is 1.82 bits per heavy atom. The van der Waals surface area contributed by atoms with Gasteiger partial charge in [0.05, 0.1) is 0 Å². The van der Waals surface area contributed by atoms with Crippen LogP contribution in [0.2, 0.25) is 5.15 Å². The Bertz CT molecular complexity index is 457. The molecule has 0 amide bonds. The van der Waals surface area contributed by atoms with E-state index in [0.717, 1.165) is 0 Å². The molecule has 1 aromatic heterocycles. The molecule has 3 heteroatoms. The van der Waals surface area contributed by atoms with Gasteiger partial charge in [-0.25, -0.2) is 9.97 Å². The summed E-state index contributed by atoms with van der Waals surface area (Å²) in [6.07, 6.45) is -4.79. The maximum atomic E-state index is 7.64. The van der Waals surface area contributed by atoms with Crippen LogP contribution < -0.4 is 0 Å². The van der Waals surface area contributed by atoms with Crippen molar-refractivity contribution in [2.75, 3.05) is 0 Å². The Morgan fingerprint density at radius 3 is 3.27 bits per heavy atom. The van der Waals surface area contributed by atoms with Gasteiger partial charge in [-0.1, -0.05) is 18.5 Å². The summed E-state index contributed by atoms with van der Waals surface area (Å²) in [5.41, 5.74) is 0.491. The number of halogens is 1. The van der Waals surface area contributed by atoms with Crippen LogP contribution in [-0.2, 0) is 6.37 Å². The first-order valence-corrected chi connectivity index (χ1v) is 3.28. The van der Waals surface area contributed by atoms with E-state index in [1.807, 2.05) is 0 Å². The van der Waals surface area contributed by atoms with Gasteiger partial charge in [-0.05, 0) is 13.3 Å². The van der Waals surface area contributed by atoms with Crippen molar-refractivity contribution in [1.29, 1.82) is 0 Å². The molecular formula is C8H11ClN2. The van der Waals surface area contributed by atoms with Gasteiger partial charge in [0.15, 0.2) is 0 Å². The monoisotopic (exact) mass is 177 g/mol. The van der Waals surface area contributed by atoms with Gasteiger partial charge in [-0.2, -0.15) is 0 Å². The number of aryl methyl sites for hydroxylation is 2. The first kappa shape index (κ1) is 3.02. The summed E-state index contributed by atoms with van der Waals surface area (Å²) in [5.74, 6) is -0.584. The fraction of sp³-hybridized carbons (Fsp3) is 0.500. The standard InChI is InChI=1S/C8H11ClN2/c1-3-4-7-10-5-6(2)8(9)11-7/h5H,3-4H2,1-2H3/i1D3,3D2,4D2. The largest absolute Gasteiger partial charge is 0.241 e. The molecule has 0 aliphatic rings. The van der Waals surface area contributed by atoms with E-state index in [0.29, 0.717) is 5.56 Å². The third-order valence-corrected chi connectivity index (χ3v) is 1.47. The molecule has 0 aromatic carbocycles. The molecule has 0 unspecified atom stereocenters. The summed E-state index contributed by atoms with van der Waals surface area (Å²) in [7, 11) is 0. The van der Waals surface area contributed by atoms with E-state index in [1.165, 1.54) is 6.20 Å². The van der Waals surface area contributed by atoms with Crippen LogP contribution in [0.4, 0.5) is 0 Å². The van der Waals surface area contributed by atoms with Crippen LogP contribution in [0.25, 0.3) is 0 Å². The zero-order valence-electron chi connectivity index (χ0n) is 12.8. The molecule has 0 atom stereocenters. The first-order chi connectivity index (χ1) is 7.91. The van der Waals surface area contributed by atoms with Crippen molar-refractivity contribution in [1.82, 2.24) is 9.97 Å². The molecule has 0 spiro atoms. The number of hydrogen-bond acceptors (Lipinski definition) is 2. The summed E-state index contributed by atoms with van der Waals surface area (Å²) in [6.45, 7) is -1.54. The number of nitrogens with zero attached hydrogens (tertiary/aromatic N) is 2. The predicted molar refractivity (Wildman–Crippen MR) is 45.8 cm³/mol. The average molecular weight is 178 g/mol. The molecule has 0 N–H and O–H groups in total. The second-order valence-electron chi connectivity index (χ2n) is 1.92. The first-order valence-electron chi connectivity index (χ1n) is 6.41. The van der Waals surface area contributed by atoms with Crippen LogP contribution in [0, 0.1) is 6.92 Å². The molecule has 1 aromatic rings. The molecule has 0 radical (unpaired) electrons. The molecule has 2 nitrogen and oxygen atoms in total. The molecule has 0 bridgehead atoms. The molecule has 1 heterocycles. The smallest absolute Gasteiger partial charge is 0.135 e. The third-order valence-electron chi connectivity index (χ3n) is 1.08. The molecular weight excluding hydrogens is 160 g/mol. The van der Waals surface area contributed by atoms with Gasteiger partial charge in [-0.3, -0.25) is 0 Å². The van der Waals surface area contributed by atoms with Gasteiger partial charge < -0.3 is 0 Å². The quantitative estimate of drug-likeness (QED) is 0.649. The topological polar surface area (TPSA) is 25.8 Å². The fourth-order valence-corrected chi connectivity index (χ4v) is 0.666. The second kappa shape index (κ2) is 3.67. The van der Waals surface area contributed by atoms with Crippen LogP contribution >= 0.6 is 11.6 Å². The highest BCUT2D eigenvalue weighted by atomic mass is 35.5. The van der Waals surface area contributed by atoms with Gasteiger partial charge >= 0.3 is 0 Å². The molecule has 0 saturated heterocycles. The minimum atomic E-state index is -3.14. The molecule has 0 aliphatic carbocycles. The summed E-state index contributed by atoms with van der Waals surface area (Å²) >= 11 is 5.70. The lowest BCUT2D eigenvalue weighted by Crippen LogP contribution is -1.95. The lowest BCUT2D eigenvalue weighted by molar-refractivity contribution is 0.830. The Kier molecular flexibility index (Phi) is 1.01. The Hall–Kier alpha value is -0.630. The summed E-state index contributed by atoms with van der Waals surface area (Å²) in [6, 6.07) is 0. The van der Waals surface area contributed by atoms with Crippen molar-refractivity contribution >= 4 is 11.6 Å². The van der Waals surface area contributed by atoms with Crippen LogP contribution in [0.3, 0.4) is 0 Å². The lowest BCUT2D eigenvalue weighted by Gasteiger charge is -1.98. The van der Waals surface area contributed by atoms with E-state index < -0.39 is 25.4 Å². The SMILES string of the molecule is [2H]C([2H])([2H])C([2H])([2H])C([2H])([2H])c1ncc(C)c(Cl)n1. The van der Waals surface area contributed by atoms with Gasteiger partial charge in [0.2, 0.25) is 0 Å². The van der Waals surface area contributed by atoms with E-state index in [1.54, 1.807) is 6.92 Å². The van der Waals surface area contributed by atoms with Crippen LogP contribution in [-0.4, -0.2) is 9.97 Å². The Balaban J connectivity index is 3.33. The highest BCUT2D eigenvalue weighted by Gasteiger charge is 1.98. The van der Waals surface area contributed by atoms with Crippen molar-refractivity contribution in [3.63, 3.8) is 0 Å². The van der Waals surface area contributed by atoms with Crippen LogP contribution in [0.1, 0.15) is 34.2 Å². The maximum absolute atomic E-state index is 7.64. The van der Waals surface area contributed by atoms with Gasteiger partial charge in [0.1, 0.15) is 11.0 Å². The van der Waals surface area contributed by atoms with Crippen molar-refractivity contribution in [2.24, 2.45) is 0 Å². The number of hydrogen-bond donors (Lipinski definition) is 0. The maximum Gasteiger partial charge on any atom is 0.135 e. The minimum absolute atomic E-state index is 0.0368. The van der Waals surface area contributed by atoms with Crippen molar-refractivity contribution in [2.45, 2.75) is 26.5 Å². The molecule has 0 fully saturated rings. The fourth-order valence-electron chi connectivity index (χ4n) is 0.537. The molecule has 0 saturated carbocycles. The van der Waals surface area contributed by atoms with E-state index >= 15 is 0 Å². The molecule has 0 aliphatic heterocycles. The highest BCUT2D eigenvalue weighted by Crippen LogP contribution is 2.10. The summed E-state index contributed by atoms with van der Waals surface area (Å²) < 4.78 is 51.4. The zero-order valence-corrected chi connectivity index (χ0v) is 6.61. The van der Waals surface area contributed by atoms with Crippen molar-refractivity contribution in [3.8, 4) is 0 Å². The zero-order chi connectivity index (χ0) is 14.4. The van der Waals surface area contributed by atoms with E-state index in [2.05, 4.69) is 9.97 Å². The van der Waals surface area contributed by atoms with E-state index in [-0.39, 0.29) is 5.15 Å². The second-order valence-corrected chi connectivity index (χ2v) is 2.28. The average Bonchev–Trinajstić information content (AvgIpc) is 2.20. The van der Waals surface area contributed by atoms with E-state index in [9.17, 15) is 0 Å². The number of rotatable bonds is 2. The van der Waals surface area contributed by atoms with Gasteiger partial charge in [-0.15, -0.1) is 0 Å². The van der Waals surface area contributed by atoms with Crippen molar-refractivity contribution < 1.29 is 9.60 Å². The van der Waals surface area contributed by atoms with Gasteiger partial charge in [0, 0.05) is 27.7 Å². The molecule has 11 heavy (non-hydrogen) atoms. The lowest BCUT2D eigenvalue weighted by atomic mass is 10.3. The summed E-state index contributed by atoms with van der Waals surface area (Å²) in [5, 5.41) is -0.0368. The van der Waals surface area contributed by atoms with Gasteiger partial charge in [0.25, 0.3) is 0 Å². The normalized spacial score (nSPS) is 23.3. The summed E-state index contributed by atoms with van der Waals surface area (Å²) in [4.78, 5) is 7.24. The van der Waals surface area contributed by atoms with Crippen LogP contribution in [0.5, 0.6) is 0 Å².